The largest absolute Gasteiger partial charge is 0.360 e. The maximum atomic E-state index is 4.25. The Morgan fingerprint density at radius 3 is 2.77 bits per heavy atom. The third-order valence-electron chi connectivity index (χ3n) is 1.84. The molecule has 0 atom stereocenters. The third-order valence-corrected chi connectivity index (χ3v) is 3.96. The number of aromatic nitrogens is 1. The summed E-state index contributed by atoms with van der Waals surface area (Å²) < 4.78 is 0.277. The molecule has 13 heavy (non-hydrogen) atoms. The van der Waals surface area contributed by atoms with Crippen LogP contribution >= 0.6 is 23.1 Å². The van der Waals surface area contributed by atoms with E-state index in [0.717, 1.165) is 11.7 Å². The van der Waals surface area contributed by atoms with Crippen LogP contribution in [-0.4, -0.2) is 22.5 Å². The highest BCUT2D eigenvalue weighted by molar-refractivity contribution is 7.99. The number of hydrogen-bond acceptors (Lipinski definition) is 4. The van der Waals surface area contributed by atoms with Gasteiger partial charge in [-0.05, 0) is 27.0 Å². The standard InChI is InChI=1S/C9H16N2S2/c1-7-5-10-8(13-7)11-6-9(2,3)12-4/h5H,6H2,1-4H3,(H,10,11). The molecular formula is C9H16N2S2. The summed E-state index contributed by atoms with van der Waals surface area (Å²) >= 11 is 3.57. The highest BCUT2D eigenvalue weighted by Gasteiger charge is 2.15. The molecule has 0 radical (unpaired) electrons. The van der Waals surface area contributed by atoms with Crippen molar-refractivity contribution in [2.75, 3.05) is 18.1 Å². The summed E-state index contributed by atoms with van der Waals surface area (Å²) in [6.45, 7) is 7.49. The van der Waals surface area contributed by atoms with E-state index in [-0.39, 0.29) is 4.75 Å². The van der Waals surface area contributed by atoms with Crippen LogP contribution < -0.4 is 5.32 Å². The molecule has 1 aromatic rings. The van der Waals surface area contributed by atoms with Gasteiger partial charge in [0.15, 0.2) is 5.13 Å². The molecule has 4 heteroatoms. The van der Waals surface area contributed by atoms with E-state index < -0.39 is 0 Å². The fraction of sp³-hybridized carbons (Fsp3) is 0.667. The summed E-state index contributed by atoms with van der Waals surface area (Å²) in [5.74, 6) is 0. The van der Waals surface area contributed by atoms with Crippen LogP contribution in [0.3, 0.4) is 0 Å². The smallest absolute Gasteiger partial charge is 0.182 e. The Labute approximate surface area is 88.2 Å². The lowest BCUT2D eigenvalue weighted by Crippen LogP contribution is -2.25. The maximum absolute atomic E-state index is 4.25. The monoisotopic (exact) mass is 216 g/mol. The number of thiazole rings is 1. The topological polar surface area (TPSA) is 24.9 Å². The minimum atomic E-state index is 0.277. The molecule has 0 aliphatic carbocycles. The van der Waals surface area contributed by atoms with Gasteiger partial charge in [0.1, 0.15) is 0 Å². The van der Waals surface area contributed by atoms with Crippen LogP contribution in [0.2, 0.25) is 0 Å². The van der Waals surface area contributed by atoms with Crippen molar-refractivity contribution >= 4 is 28.2 Å². The van der Waals surface area contributed by atoms with Gasteiger partial charge >= 0.3 is 0 Å². The van der Waals surface area contributed by atoms with Crippen LogP contribution in [0.25, 0.3) is 0 Å². The first-order valence-electron chi connectivity index (χ1n) is 4.25. The normalized spacial score (nSPS) is 11.7. The van der Waals surface area contributed by atoms with Crippen LogP contribution in [0.4, 0.5) is 5.13 Å². The minimum absolute atomic E-state index is 0.277. The number of nitrogens with zero attached hydrogens (tertiary/aromatic N) is 1. The molecule has 0 saturated heterocycles. The number of anilines is 1. The molecule has 1 rings (SSSR count). The van der Waals surface area contributed by atoms with Gasteiger partial charge in [-0.15, -0.1) is 11.3 Å². The van der Waals surface area contributed by atoms with E-state index in [0.29, 0.717) is 0 Å². The lowest BCUT2D eigenvalue weighted by molar-refractivity contribution is 0.752. The van der Waals surface area contributed by atoms with Crippen LogP contribution in [0, 0.1) is 6.92 Å². The van der Waals surface area contributed by atoms with Gasteiger partial charge in [-0.2, -0.15) is 11.8 Å². The van der Waals surface area contributed by atoms with Gasteiger partial charge < -0.3 is 5.32 Å². The van der Waals surface area contributed by atoms with Gasteiger partial charge in [-0.25, -0.2) is 4.98 Å². The molecule has 0 amide bonds. The van der Waals surface area contributed by atoms with E-state index in [1.165, 1.54) is 4.88 Å². The molecule has 2 nitrogen and oxygen atoms in total. The zero-order chi connectivity index (χ0) is 9.90. The molecular weight excluding hydrogens is 200 g/mol. The molecule has 0 spiro atoms. The molecule has 1 aromatic heterocycles. The van der Waals surface area contributed by atoms with Crippen molar-refractivity contribution in [1.82, 2.24) is 4.98 Å². The van der Waals surface area contributed by atoms with Crippen LogP contribution in [0.5, 0.6) is 0 Å². The van der Waals surface area contributed by atoms with Crippen molar-refractivity contribution < 1.29 is 0 Å². The second kappa shape index (κ2) is 4.33. The molecule has 0 unspecified atom stereocenters. The fourth-order valence-corrected chi connectivity index (χ4v) is 1.67. The maximum Gasteiger partial charge on any atom is 0.182 e. The lowest BCUT2D eigenvalue weighted by atomic mass is 10.2. The van der Waals surface area contributed by atoms with Gasteiger partial charge in [0.25, 0.3) is 0 Å². The lowest BCUT2D eigenvalue weighted by Gasteiger charge is -2.21. The summed E-state index contributed by atoms with van der Waals surface area (Å²) in [6.07, 6.45) is 4.04. The molecule has 1 heterocycles. The summed E-state index contributed by atoms with van der Waals surface area (Å²) in [5.41, 5.74) is 0. The summed E-state index contributed by atoms with van der Waals surface area (Å²) in [7, 11) is 0. The Morgan fingerprint density at radius 1 is 1.62 bits per heavy atom. The fourth-order valence-electron chi connectivity index (χ4n) is 0.797. The molecule has 1 N–H and O–H groups in total. The number of thioether (sulfide) groups is 1. The SMILES string of the molecule is CSC(C)(C)CNc1ncc(C)s1. The zero-order valence-electron chi connectivity index (χ0n) is 8.55. The summed E-state index contributed by atoms with van der Waals surface area (Å²) in [5, 5.41) is 4.37. The van der Waals surface area contributed by atoms with E-state index in [9.17, 15) is 0 Å². The molecule has 0 aromatic carbocycles. The highest BCUT2D eigenvalue weighted by Crippen LogP contribution is 2.23. The number of nitrogens with one attached hydrogen (secondary N) is 1. The Balaban J connectivity index is 2.43. The molecule has 74 valence electrons. The van der Waals surface area contributed by atoms with Gasteiger partial charge in [0, 0.05) is 22.4 Å². The Morgan fingerprint density at radius 2 is 2.31 bits per heavy atom. The molecule has 0 fully saturated rings. The minimum Gasteiger partial charge on any atom is -0.360 e. The predicted octanol–water partition coefficient (Wildman–Crippen LogP) is 3.01. The predicted molar refractivity (Wildman–Crippen MR) is 62.9 cm³/mol. The van der Waals surface area contributed by atoms with Crippen molar-refractivity contribution in [2.45, 2.75) is 25.5 Å². The van der Waals surface area contributed by atoms with Crippen molar-refractivity contribution in [1.29, 1.82) is 0 Å². The second-order valence-electron chi connectivity index (χ2n) is 3.59. The average Bonchev–Trinajstić information content (AvgIpc) is 2.48. The third kappa shape index (κ3) is 3.56. The molecule has 0 aliphatic rings. The van der Waals surface area contributed by atoms with E-state index in [2.05, 4.69) is 37.3 Å². The van der Waals surface area contributed by atoms with Gasteiger partial charge in [-0.3, -0.25) is 0 Å². The number of rotatable bonds is 4. The van der Waals surface area contributed by atoms with Crippen molar-refractivity contribution in [2.24, 2.45) is 0 Å². The molecule has 0 bridgehead atoms. The van der Waals surface area contributed by atoms with Gasteiger partial charge in [0.2, 0.25) is 0 Å². The van der Waals surface area contributed by atoms with Crippen LogP contribution in [0.1, 0.15) is 18.7 Å². The molecule has 0 saturated carbocycles. The Bertz CT molecular complexity index is 268. The van der Waals surface area contributed by atoms with Gasteiger partial charge in [0.05, 0.1) is 0 Å². The molecule has 0 aliphatic heterocycles. The zero-order valence-corrected chi connectivity index (χ0v) is 10.2. The Kier molecular flexibility index (Phi) is 3.62. The average molecular weight is 216 g/mol. The van der Waals surface area contributed by atoms with Crippen molar-refractivity contribution in [3.63, 3.8) is 0 Å². The number of hydrogen-bond donors (Lipinski definition) is 1. The van der Waals surface area contributed by atoms with E-state index in [1.54, 1.807) is 11.3 Å². The Hall–Kier alpha value is -0.220. The van der Waals surface area contributed by atoms with Crippen molar-refractivity contribution in [3.05, 3.63) is 11.1 Å². The van der Waals surface area contributed by atoms with E-state index in [4.69, 9.17) is 0 Å². The van der Waals surface area contributed by atoms with Crippen LogP contribution in [-0.2, 0) is 0 Å². The van der Waals surface area contributed by atoms with Crippen LogP contribution in [0.15, 0.2) is 6.20 Å². The first-order valence-corrected chi connectivity index (χ1v) is 6.29. The highest BCUT2D eigenvalue weighted by atomic mass is 32.2. The second-order valence-corrected chi connectivity index (χ2v) is 6.34. The quantitative estimate of drug-likeness (QED) is 0.837. The summed E-state index contributed by atoms with van der Waals surface area (Å²) in [6, 6.07) is 0. The van der Waals surface area contributed by atoms with E-state index >= 15 is 0 Å². The first kappa shape index (κ1) is 10.9. The van der Waals surface area contributed by atoms with Gasteiger partial charge in [-0.1, -0.05) is 0 Å². The van der Waals surface area contributed by atoms with E-state index in [1.807, 2.05) is 18.0 Å². The number of aryl methyl sites for hydroxylation is 1. The first-order chi connectivity index (χ1) is 6.03. The summed E-state index contributed by atoms with van der Waals surface area (Å²) in [4.78, 5) is 5.51. The van der Waals surface area contributed by atoms with Crippen molar-refractivity contribution in [3.8, 4) is 0 Å².